The van der Waals surface area contributed by atoms with Crippen molar-refractivity contribution in [1.29, 1.82) is 0 Å². The largest absolute Gasteiger partial charge is 0.322 e. The summed E-state index contributed by atoms with van der Waals surface area (Å²) in [6.07, 6.45) is 8.80. The first-order chi connectivity index (χ1) is 13.9. The molecule has 2 atom stereocenters. The van der Waals surface area contributed by atoms with E-state index in [4.69, 9.17) is 0 Å². The van der Waals surface area contributed by atoms with E-state index >= 15 is 0 Å². The highest BCUT2D eigenvalue weighted by Gasteiger charge is 2.51. The quantitative estimate of drug-likeness (QED) is 0.548. The van der Waals surface area contributed by atoms with Crippen molar-refractivity contribution in [3.63, 3.8) is 0 Å². The van der Waals surface area contributed by atoms with Crippen molar-refractivity contribution in [2.24, 2.45) is 17.3 Å². The van der Waals surface area contributed by atoms with Crippen LogP contribution >= 0.6 is 15.9 Å². The van der Waals surface area contributed by atoms with E-state index in [9.17, 15) is 4.79 Å². The number of amides is 2. The molecule has 0 aromatic heterocycles. The summed E-state index contributed by atoms with van der Waals surface area (Å²) in [7, 11) is 0. The smallest absolute Gasteiger partial charge is 0.319 e. The number of carbonyl (C=O) groups is 1. The number of nitrogens with zero attached hydrogens (tertiary/aromatic N) is 2. The monoisotopic (exact) mass is 459 g/mol. The Hall–Kier alpha value is -1.33. The van der Waals surface area contributed by atoms with Gasteiger partial charge in [-0.3, -0.25) is 0 Å². The lowest BCUT2D eigenvalue weighted by Crippen LogP contribution is -2.51. The molecule has 0 radical (unpaired) electrons. The van der Waals surface area contributed by atoms with Gasteiger partial charge in [0, 0.05) is 24.1 Å². The van der Waals surface area contributed by atoms with Gasteiger partial charge in [0.2, 0.25) is 0 Å². The molecule has 1 aliphatic heterocycles. The van der Waals surface area contributed by atoms with E-state index in [2.05, 4.69) is 46.1 Å². The number of rotatable bonds is 6. The Bertz CT molecular complexity index is 769. The number of piperidine rings is 1. The maximum atomic E-state index is 13.2. The third-order valence-electron chi connectivity index (χ3n) is 7.49. The minimum absolute atomic E-state index is 0.00839. The van der Waals surface area contributed by atoms with Crippen LogP contribution in [0.1, 0.15) is 46.0 Å². The van der Waals surface area contributed by atoms with E-state index in [-0.39, 0.29) is 6.03 Å². The SMILES string of the molecule is CC1(C)C2CC=C(CN(CCN3CCCCC3)C(=O)Nc3ccccc3Br)C1C2. The van der Waals surface area contributed by atoms with E-state index in [1.165, 1.54) is 50.8 Å². The summed E-state index contributed by atoms with van der Waals surface area (Å²) in [6.45, 7) is 9.64. The van der Waals surface area contributed by atoms with Crippen LogP contribution in [0.3, 0.4) is 0 Å². The molecule has 1 N–H and O–H groups in total. The van der Waals surface area contributed by atoms with E-state index in [1.807, 2.05) is 29.2 Å². The number of anilines is 1. The molecule has 2 unspecified atom stereocenters. The fraction of sp³-hybridized carbons (Fsp3) is 0.625. The number of carbonyl (C=O) groups excluding carboxylic acids is 1. The van der Waals surface area contributed by atoms with Gasteiger partial charge < -0.3 is 15.1 Å². The lowest BCUT2D eigenvalue weighted by Gasteiger charge is -2.57. The molecule has 4 aliphatic rings. The Balaban J connectivity index is 1.45. The highest BCUT2D eigenvalue weighted by molar-refractivity contribution is 9.10. The Labute approximate surface area is 183 Å². The number of hydrogen-bond donors (Lipinski definition) is 1. The summed E-state index contributed by atoms with van der Waals surface area (Å²) in [5.74, 6) is 1.46. The lowest BCUT2D eigenvalue weighted by atomic mass is 9.49. The maximum Gasteiger partial charge on any atom is 0.322 e. The average Bonchev–Trinajstić information content (AvgIpc) is 2.73. The van der Waals surface area contributed by atoms with Gasteiger partial charge in [0.25, 0.3) is 0 Å². The maximum absolute atomic E-state index is 13.2. The molecule has 158 valence electrons. The number of halogens is 1. The third-order valence-corrected chi connectivity index (χ3v) is 8.19. The molecule has 4 nitrogen and oxygen atoms in total. The zero-order valence-electron chi connectivity index (χ0n) is 17.8. The molecule has 2 amide bonds. The third kappa shape index (κ3) is 4.56. The van der Waals surface area contributed by atoms with Crippen LogP contribution in [-0.4, -0.2) is 48.6 Å². The zero-order chi connectivity index (χ0) is 20.4. The molecule has 3 aliphatic carbocycles. The fourth-order valence-corrected chi connectivity index (χ4v) is 5.71. The molecule has 2 bridgehead atoms. The van der Waals surface area contributed by atoms with Gasteiger partial charge in [-0.25, -0.2) is 4.79 Å². The zero-order valence-corrected chi connectivity index (χ0v) is 19.4. The van der Waals surface area contributed by atoms with E-state index in [0.29, 0.717) is 11.3 Å². The van der Waals surface area contributed by atoms with Crippen LogP contribution in [0, 0.1) is 17.3 Å². The summed E-state index contributed by atoms with van der Waals surface area (Å²) in [5, 5.41) is 3.13. The number of para-hydroxylation sites is 1. The van der Waals surface area contributed by atoms with Crippen LogP contribution in [-0.2, 0) is 0 Å². The highest BCUT2D eigenvalue weighted by atomic mass is 79.9. The Morgan fingerprint density at radius 3 is 2.69 bits per heavy atom. The first kappa shape index (κ1) is 20.9. The van der Waals surface area contributed by atoms with Crippen LogP contribution in [0.5, 0.6) is 0 Å². The number of benzene rings is 1. The normalized spacial score (nSPS) is 25.7. The molecule has 1 heterocycles. The highest BCUT2D eigenvalue weighted by Crippen LogP contribution is 2.59. The summed E-state index contributed by atoms with van der Waals surface area (Å²) in [5.41, 5.74) is 2.70. The molecule has 1 saturated heterocycles. The predicted molar refractivity (Wildman–Crippen MR) is 123 cm³/mol. The molecule has 5 rings (SSSR count). The molecular weight excluding hydrogens is 426 g/mol. The van der Waals surface area contributed by atoms with E-state index < -0.39 is 0 Å². The molecule has 5 heteroatoms. The second kappa shape index (κ2) is 8.81. The minimum Gasteiger partial charge on any atom is -0.319 e. The van der Waals surface area contributed by atoms with Crippen molar-refractivity contribution in [2.75, 3.05) is 38.0 Å². The van der Waals surface area contributed by atoms with Crippen molar-refractivity contribution >= 4 is 27.6 Å². The number of fused-ring (bicyclic) bond motifs is 1. The van der Waals surface area contributed by atoms with E-state index in [1.54, 1.807) is 0 Å². The standard InChI is InChI=1S/C24H34BrN3O/c1-24(2)19-11-10-18(20(24)16-19)17-28(15-14-27-12-6-3-7-13-27)23(29)26-22-9-5-4-8-21(22)25/h4-5,8-10,19-20H,3,6-7,11-17H2,1-2H3,(H,26,29). The molecule has 29 heavy (non-hydrogen) atoms. The van der Waals surface area contributed by atoms with Crippen molar-refractivity contribution in [3.05, 3.63) is 40.4 Å². The van der Waals surface area contributed by atoms with Gasteiger partial charge in [-0.2, -0.15) is 0 Å². The van der Waals surface area contributed by atoms with Crippen molar-refractivity contribution < 1.29 is 4.79 Å². The lowest BCUT2D eigenvalue weighted by molar-refractivity contribution is -0.00966. The fourth-order valence-electron chi connectivity index (χ4n) is 5.33. The average molecular weight is 460 g/mol. The second-order valence-corrected chi connectivity index (χ2v) is 10.4. The molecule has 1 aromatic rings. The van der Waals surface area contributed by atoms with Crippen LogP contribution in [0.15, 0.2) is 40.4 Å². The van der Waals surface area contributed by atoms with Gasteiger partial charge >= 0.3 is 6.03 Å². The van der Waals surface area contributed by atoms with E-state index in [0.717, 1.165) is 35.7 Å². The van der Waals surface area contributed by atoms with Crippen LogP contribution in [0.25, 0.3) is 0 Å². The predicted octanol–water partition coefficient (Wildman–Crippen LogP) is 5.76. The summed E-state index contributed by atoms with van der Waals surface area (Å²) in [6, 6.07) is 7.85. The van der Waals surface area contributed by atoms with Gasteiger partial charge in [-0.05, 0) is 84.1 Å². The summed E-state index contributed by atoms with van der Waals surface area (Å²) in [4.78, 5) is 17.8. The van der Waals surface area contributed by atoms with Crippen molar-refractivity contribution in [3.8, 4) is 0 Å². The first-order valence-corrected chi connectivity index (χ1v) is 12.0. The van der Waals surface area contributed by atoms with Crippen LogP contribution in [0.4, 0.5) is 10.5 Å². The molecule has 1 aromatic carbocycles. The van der Waals surface area contributed by atoms with Crippen molar-refractivity contribution in [2.45, 2.75) is 46.0 Å². The van der Waals surface area contributed by atoms with Crippen LogP contribution < -0.4 is 5.32 Å². The number of nitrogens with one attached hydrogen (secondary N) is 1. The van der Waals surface area contributed by atoms with Gasteiger partial charge in [0.15, 0.2) is 0 Å². The first-order valence-electron chi connectivity index (χ1n) is 11.2. The van der Waals surface area contributed by atoms with Gasteiger partial charge in [0.05, 0.1) is 5.69 Å². The molecule has 1 saturated carbocycles. The Morgan fingerprint density at radius 2 is 2.00 bits per heavy atom. The number of hydrogen-bond acceptors (Lipinski definition) is 2. The van der Waals surface area contributed by atoms with Crippen LogP contribution in [0.2, 0.25) is 0 Å². The molecule has 0 spiro atoms. The Morgan fingerprint density at radius 1 is 1.24 bits per heavy atom. The van der Waals surface area contributed by atoms with Gasteiger partial charge in [-0.15, -0.1) is 0 Å². The van der Waals surface area contributed by atoms with Gasteiger partial charge in [-0.1, -0.05) is 44.1 Å². The number of likely N-dealkylation sites (tertiary alicyclic amines) is 1. The number of allylic oxidation sites excluding steroid dienone is 1. The Kier molecular flexibility index (Phi) is 6.35. The minimum atomic E-state index is 0.00839. The molecule has 2 fully saturated rings. The topological polar surface area (TPSA) is 35.6 Å². The second-order valence-electron chi connectivity index (χ2n) is 9.56. The number of urea groups is 1. The summed E-state index contributed by atoms with van der Waals surface area (Å²) < 4.78 is 0.921. The summed E-state index contributed by atoms with van der Waals surface area (Å²) >= 11 is 3.55. The molecular formula is C24H34BrN3O. The van der Waals surface area contributed by atoms with Gasteiger partial charge in [0.1, 0.15) is 0 Å². The van der Waals surface area contributed by atoms with Crippen molar-refractivity contribution in [1.82, 2.24) is 9.80 Å².